The molecule has 3 atom stereocenters. The summed E-state index contributed by atoms with van der Waals surface area (Å²) in [4.78, 5) is 58.1. The Morgan fingerprint density at radius 3 is 1.79 bits per heavy atom. The maximum atomic E-state index is 15.0. The maximum Gasteiger partial charge on any atom is 0.408 e. The maximum absolute atomic E-state index is 15.0. The SMILES string of the molecule is CCCCCCCN(C(=O)C(Cc1ccccc1)NC(=O)OC(C)(C)C)C(C(=O)NC(Cc1ccccc1)C(=O)OC(C)(C)C)c1cccc(C)c1O. The molecule has 3 amide bonds. The zero-order chi connectivity index (χ0) is 39.2. The zero-order valence-electron chi connectivity index (χ0n) is 32.7. The van der Waals surface area contributed by atoms with Gasteiger partial charge in [0.2, 0.25) is 11.8 Å². The Labute approximate surface area is 315 Å². The van der Waals surface area contributed by atoms with Crippen molar-refractivity contribution in [3.05, 3.63) is 101 Å². The normalized spacial score (nSPS) is 13.3. The fourth-order valence-electron chi connectivity index (χ4n) is 5.97. The highest BCUT2D eigenvalue weighted by atomic mass is 16.6. The number of unbranched alkanes of at least 4 members (excludes halogenated alkanes) is 4. The summed E-state index contributed by atoms with van der Waals surface area (Å²) in [6, 6.07) is 20.0. The third-order valence-corrected chi connectivity index (χ3v) is 8.47. The van der Waals surface area contributed by atoms with Gasteiger partial charge in [0.05, 0.1) is 0 Å². The molecule has 3 unspecified atom stereocenters. The Morgan fingerprint density at radius 2 is 1.25 bits per heavy atom. The van der Waals surface area contributed by atoms with Gasteiger partial charge >= 0.3 is 12.1 Å². The Hall–Kier alpha value is -4.86. The van der Waals surface area contributed by atoms with E-state index in [0.29, 0.717) is 12.0 Å². The Kier molecular flexibility index (Phi) is 15.9. The lowest BCUT2D eigenvalue weighted by atomic mass is 9.96. The van der Waals surface area contributed by atoms with Crippen LogP contribution < -0.4 is 10.6 Å². The first kappa shape index (κ1) is 42.6. The molecule has 10 heteroatoms. The van der Waals surface area contributed by atoms with Crippen molar-refractivity contribution in [3.8, 4) is 5.75 Å². The topological polar surface area (TPSA) is 134 Å². The third kappa shape index (κ3) is 14.2. The largest absolute Gasteiger partial charge is 0.507 e. The van der Waals surface area contributed by atoms with Crippen molar-refractivity contribution in [2.45, 2.75) is 130 Å². The van der Waals surface area contributed by atoms with Crippen LogP contribution in [0.2, 0.25) is 0 Å². The third-order valence-electron chi connectivity index (χ3n) is 8.47. The second-order valence-electron chi connectivity index (χ2n) is 15.5. The number of ether oxygens (including phenoxy) is 2. The number of hydrogen-bond acceptors (Lipinski definition) is 7. The second kappa shape index (κ2) is 19.8. The minimum absolute atomic E-state index is 0.119. The molecule has 10 nitrogen and oxygen atoms in total. The molecule has 0 aromatic heterocycles. The number of phenols is 1. The first-order chi connectivity index (χ1) is 25.0. The predicted molar refractivity (Wildman–Crippen MR) is 207 cm³/mol. The quantitative estimate of drug-likeness (QED) is 0.0956. The van der Waals surface area contributed by atoms with Gasteiger partial charge in [-0.3, -0.25) is 9.59 Å². The van der Waals surface area contributed by atoms with Crippen LogP contribution in [0.25, 0.3) is 0 Å². The molecule has 0 heterocycles. The predicted octanol–water partition coefficient (Wildman–Crippen LogP) is 7.75. The molecule has 3 N–H and O–H groups in total. The van der Waals surface area contributed by atoms with E-state index in [1.807, 2.05) is 60.7 Å². The molecule has 288 valence electrons. The first-order valence-electron chi connectivity index (χ1n) is 18.7. The summed E-state index contributed by atoms with van der Waals surface area (Å²) in [6.07, 6.45) is 3.81. The molecular formula is C43H59N3O7. The number of alkyl carbamates (subject to hydrolysis) is 1. The van der Waals surface area contributed by atoms with Gasteiger partial charge in [0.1, 0.15) is 35.1 Å². The number of benzene rings is 3. The lowest BCUT2D eigenvalue weighted by Crippen LogP contribution is -2.55. The van der Waals surface area contributed by atoms with E-state index in [1.54, 1.807) is 66.7 Å². The van der Waals surface area contributed by atoms with Crippen LogP contribution in [0, 0.1) is 6.92 Å². The number of amides is 3. The Balaban J connectivity index is 2.16. The van der Waals surface area contributed by atoms with E-state index in [0.717, 1.165) is 36.8 Å². The first-order valence-corrected chi connectivity index (χ1v) is 18.7. The summed E-state index contributed by atoms with van der Waals surface area (Å²) in [7, 11) is 0. The van der Waals surface area contributed by atoms with Crippen LogP contribution >= 0.6 is 0 Å². The monoisotopic (exact) mass is 729 g/mol. The molecule has 3 aromatic carbocycles. The van der Waals surface area contributed by atoms with Crippen LogP contribution in [0.15, 0.2) is 78.9 Å². The van der Waals surface area contributed by atoms with E-state index < -0.39 is 53.2 Å². The molecule has 0 radical (unpaired) electrons. The number of para-hydroxylation sites is 1. The number of rotatable bonds is 17. The van der Waals surface area contributed by atoms with E-state index >= 15 is 0 Å². The van der Waals surface area contributed by atoms with Crippen molar-refractivity contribution < 1.29 is 33.8 Å². The fourth-order valence-corrected chi connectivity index (χ4v) is 5.97. The van der Waals surface area contributed by atoms with Crippen molar-refractivity contribution in [2.75, 3.05) is 6.54 Å². The number of hydrogen-bond donors (Lipinski definition) is 3. The summed E-state index contributed by atoms with van der Waals surface area (Å²) in [6.45, 7) is 14.4. The zero-order valence-corrected chi connectivity index (χ0v) is 32.7. The summed E-state index contributed by atoms with van der Waals surface area (Å²) in [5, 5.41) is 17.2. The smallest absolute Gasteiger partial charge is 0.408 e. The second-order valence-corrected chi connectivity index (χ2v) is 15.5. The van der Waals surface area contributed by atoms with E-state index in [-0.39, 0.29) is 30.7 Å². The van der Waals surface area contributed by atoms with Crippen molar-refractivity contribution in [1.82, 2.24) is 15.5 Å². The van der Waals surface area contributed by atoms with Crippen LogP contribution in [-0.4, -0.2) is 63.7 Å². The molecule has 0 bridgehead atoms. The van der Waals surface area contributed by atoms with E-state index in [2.05, 4.69) is 17.6 Å². The number of carbonyl (C=O) groups is 4. The lowest BCUT2D eigenvalue weighted by Gasteiger charge is -2.36. The highest BCUT2D eigenvalue weighted by molar-refractivity contribution is 5.94. The molecule has 3 rings (SSSR count). The molecule has 0 saturated heterocycles. The van der Waals surface area contributed by atoms with Gasteiger partial charge in [-0.1, -0.05) is 111 Å². The molecule has 0 spiro atoms. The van der Waals surface area contributed by atoms with Gasteiger partial charge in [0, 0.05) is 24.9 Å². The van der Waals surface area contributed by atoms with Gasteiger partial charge in [-0.25, -0.2) is 9.59 Å². The standard InChI is InChI=1S/C43H59N3O7/c1-9-10-11-12-19-27-46(39(49)34(28-31-22-15-13-16-23-31)45-41(51)53-43(6,7)8)36(33-26-20-21-30(2)37(33)47)38(48)44-35(40(50)52-42(3,4)5)29-32-24-17-14-18-25-32/h13-18,20-26,34-36,47H,9-12,19,27-29H2,1-8H3,(H,44,48)(H,45,51). The molecule has 0 aliphatic rings. The number of nitrogens with zero attached hydrogens (tertiary/aromatic N) is 1. The fraction of sp³-hybridized carbons (Fsp3) is 0.488. The molecule has 0 aliphatic carbocycles. The number of aromatic hydroxyl groups is 1. The molecule has 0 saturated carbocycles. The number of carbonyl (C=O) groups excluding carboxylic acids is 4. The van der Waals surface area contributed by atoms with E-state index in [1.165, 1.54) is 4.90 Å². The summed E-state index contributed by atoms with van der Waals surface area (Å²) in [5.74, 6) is -1.98. The highest BCUT2D eigenvalue weighted by Gasteiger charge is 2.39. The highest BCUT2D eigenvalue weighted by Crippen LogP contribution is 2.33. The summed E-state index contributed by atoms with van der Waals surface area (Å²) < 4.78 is 11.3. The lowest BCUT2D eigenvalue weighted by molar-refractivity contribution is -0.159. The van der Waals surface area contributed by atoms with E-state index in [9.17, 15) is 24.3 Å². The number of esters is 1. The number of phenolic OH excluding ortho intramolecular Hbond substituents is 1. The van der Waals surface area contributed by atoms with Crippen LogP contribution in [0.5, 0.6) is 5.75 Å². The number of nitrogens with one attached hydrogen (secondary N) is 2. The van der Waals surface area contributed by atoms with Crippen molar-refractivity contribution >= 4 is 23.9 Å². The van der Waals surface area contributed by atoms with Crippen LogP contribution in [-0.2, 0) is 36.7 Å². The van der Waals surface area contributed by atoms with Crippen molar-refractivity contribution in [3.63, 3.8) is 0 Å². The van der Waals surface area contributed by atoms with Crippen LogP contribution in [0.1, 0.15) is 109 Å². The Bertz CT molecular complexity index is 1630. The summed E-state index contributed by atoms with van der Waals surface area (Å²) in [5.41, 5.74) is 0.640. The molecular weight excluding hydrogens is 670 g/mol. The van der Waals surface area contributed by atoms with Crippen molar-refractivity contribution in [2.24, 2.45) is 0 Å². The van der Waals surface area contributed by atoms with E-state index in [4.69, 9.17) is 9.47 Å². The van der Waals surface area contributed by atoms with Crippen LogP contribution in [0.3, 0.4) is 0 Å². The summed E-state index contributed by atoms with van der Waals surface area (Å²) >= 11 is 0. The van der Waals surface area contributed by atoms with Gasteiger partial charge in [-0.2, -0.15) is 0 Å². The van der Waals surface area contributed by atoms with Gasteiger partial charge in [-0.05, 0) is 71.6 Å². The van der Waals surface area contributed by atoms with Gasteiger partial charge in [0.15, 0.2) is 0 Å². The molecule has 0 aliphatic heterocycles. The number of aryl methyl sites for hydroxylation is 1. The van der Waals surface area contributed by atoms with Gasteiger partial charge in [-0.15, -0.1) is 0 Å². The minimum atomic E-state index is -1.37. The molecule has 0 fully saturated rings. The van der Waals surface area contributed by atoms with Crippen molar-refractivity contribution in [1.29, 1.82) is 0 Å². The molecule has 3 aromatic rings. The Morgan fingerprint density at radius 1 is 0.698 bits per heavy atom. The van der Waals surface area contributed by atoms with Gasteiger partial charge in [0.25, 0.3) is 0 Å². The van der Waals surface area contributed by atoms with Gasteiger partial charge < -0.3 is 30.1 Å². The average molecular weight is 730 g/mol. The molecule has 53 heavy (non-hydrogen) atoms. The van der Waals surface area contributed by atoms with Crippen LogP contribution in [0.4, 0.5) is 4.79 Å². The minimum Gasteiger partial charge on any atom is -0.507 e. The average Bonchev–Trinajstić information content (AvgIpc) is 3.07.